The van der Waals surface area contributed by atoms with Crippen molar-refractivity contribution in [3.8, 4) is 11.5 Å². The maximum atomic E-state index is 12.2. The summed E-state index contributed by atoms with van der Waals surface area (Å²) in [6.45, 7) is 0. The van der Waals surface area contributed by atoms with Crippen molar-refractivity contribution in [2.24, 2.45) is 0 Å². The number of benzene rings is 1. The number of rotatable bonds is 2. The number of nitro benzene ring substituents is 1. The van der Waals surface area contributed by atoms with Crippen molar-refractivity contribution in [1.82, 2.24) is 10.2 Å². The third-order valence-electron chi connectivity index (χ3n) is 2.00. The fraction of sp³-hybridized carbons (Fsp3) is 0.111. The van der Waals surface area contributed by atoms with Crippen molar-refractivity contribution in [2.75, 3.05) is 0 Å². The Balaban J connectivity index is 2.50. The molecule has 0 atom stereocenters. The standard InChI is InChI=1S/C9H4F3N3O3/c10-9(11,12)8-14-13-7(18-8)5-3-1-2-4-6(5)15(16)17/h1-4H. The predicted octanol–water partition coefficient (Wildman–Crippen LogP) is 2.66. The van der Waals surface area contributed by atoms with Crippen molar-refractivity contribution >= 4 is 5.69 Å². The monoisotopic (exact) mass is 259 g/mol. The van der Waals surface area contributed by atoms with Gasteiger partial charge in [0.2, 0.25) is 0 Å². The fourth-order valence-corrected chi connectivity index (χ4v) is 1.26. The van der Waals surface area contributed by atoms with Crippen molar-refractivity contribution in [1.29, 1.82) is 0 Å². The first kappa shape index (κ1) is 12.0. The van der Waals surface area contributed by atoms with E-state index < -0.39 is 28.6 Å². The van der Waals surface area contributed by atoms with Gasteiger partial charge in [0.05, 0.1) is 4.92 Å². The number of hydrogen-bond acceptors (Lipinski definition) is 5. The van der Waals surface area contributed by atoms with E-state index in [1.807, 2.05) is 0 Å². The van der Waals surface area contributed by atoms with Crippen molar-refractivity contribution in [3.05, 3.63) is 40.3 Å². The summed E-state index contributed by atoms with van der Waals surface area (Å²) in [5.41, 5.74) is -0.569. The van der Waals surface area contributed by atoms with Crippen LogP contribution in [0.15, 0.2) is 28.7 Å². The molecule has 1 heterocycles. The van der Waals surface area contributed by atoms with Crippen LogP contribution in [-0.4, -0.2) is 15.1 Å². The summed E-state index contributed by atoms with van der Waals surface area (Å²) in [7, 11) is 0. The molecule has 0 aliphatic carbocycles. The molecule has 0 bridgehead atoms. The zero-order valence-electron chi connectivity index (χ0n) is 8.51. The number of alkyl halides is 3. The van der Waals surface area contributed by atoms with Gasteiger partial charge in [0.15, 0.2) is 0 Å². The minimum absolute atomic E-state index is 0.162. The second-order valence-corrected chi connectivity index (χ2v) is 3.18. The molecule has 0 amide bonds. The first-order valence-corrected chi connectivity index (χ1v) is 4.54. The van der Waals surface area contributed by atoms with E-state index in [0.29, 0.717) is 0 Å². The molecular weight excluding hydrogens is 255 g/mol. The lowest BCUT2D eigenvalue weighted by molar-refractivity contribution is -0.384. The lowest BCUT2D eigenvalue weighted by atomic mass is 10.2. The number of aromatic nitrogens is 2. The Labute approximate surface area is 97.2 Å². The summed E-state index contributed by atoms with van der Waals surface area (Å²) in [6, 6.07) is 5.15. The molecule has 2 rings (SSSR count). The Kier molecular flexibility index (Phi) is 2.73. The van der Waals surface area contributed by atoms with Crippen molar-refractivity contribution in [2.45, 2.75) is 6.18 Å². The third kappa shape index (κ3) is 2.14. The van der Waals surface area contributed by atoms with E-state index in [9.17, 15) is 23.3 Å². The van der Waals surface area contributed by atoms with Gasteiger partial charge in [-0.25, -0.2) is 0 Å². The van der Waals surface area contributed by atoms with Crippen LogP contribution in [0.1, 0.15) is 5.89 Å². The maximum absolute atomic E-state index is 12.2. The van der Waals surface area contributed by atoms with Crippen LogP contribution < -0.4 is 0 Å². The molecule has 0 fully saturated rings. The molecule has 0 saturated carbocycles. The highest BCUT2D eigenvalue weighted by molar-refractivity contribution is 5.66. The molecule has 94 valence electrons. The van der Waals surface area contributed by atoms with E-state index in [2.05, 4.69) is 14.6 Å². The van der Waals surface area contributed by atoms with Gasteiger partial charge in [0, 0.05) is 6.07 Å². The summed E-state index contributed by atoms with van der Waals surface area (Å²) in [5, 5.41) is 16.6. The minimum atomic E-state index is -4.78. The van der Waals surface area contributed by atoms with Crippen LogP contribution in [0.5, 0.6) is 0 Å². The molecule has 0 aliphatic heterocycles. The van der Waals surface area contributed by atoms with Gasteiger partial charge in [-0.15, -0.1) is 10.2 Å². The Bertz CT molecular complexity index is 594. The van der Waals surface area contributed by atoms with Gasteiger partial charge in [-0.05, 0) is 6.07 Å². The molecule has 6 nitrogen and oxygen atoms in total. The third-order valence-corrected chi connectivity index (χ3v) is 2.00. The molecule has 0 N–H and O–H groups in total. The van der Waals surface area contributed by atoms with Crippen LogP contribution in [0.2, 0.25) is 0 Å². The van der Waals surface area contributed by atoms with Crippen LogP contribution >= 0.6 is 0 Å². The van der Waals surface area contributed by atoms with E-state index >= 15 is 0 Å². The molecule has 0 spiro atoms. The van der Waals surface area contributed by atoms with Gasteiger partial charge in [0.1, 0.15) is 5.56 Å². The lowest BCUT2D eigenvalue weighted by Crippen LogP contribution is -2.04. The Morgan fingerprint density at radius 2 is 1.89 bits per heavy atom. The summed E-state index contributed by atoms with van der Waals surface area (Å²) in [4.78, 5) is 9.95. The Morgan fingerprint density at radius 1 is 1.22 bits per heavy atom. The SMILES string of the molecule is O=[N+]([O-])c1ccccc1-c1nnc(C(F)(F)F)o1. The average molecular weight is 259 g/mol. The molecule has 0 aliphatic rings. The van der Waals surface area contributed by atoms with Gasteiger partial charge in [-0.2, -0.15) is 13.2 Å². The normalized spacial score (nSPS) is 11.5. The second kappa shape index (κ2) is 4.09. The highest BCUT2D eigenvalue weighted by Crippen LogP contribution is 2.33. The average Bonchev–Trinajstić information content (AvgIpc) is 2.77. The number of hydrogen-bond donors (Lipinski definition) is 0. The van der Waals surface area contributed by atoms with Gasteiger partial charge in [-0.3, -0.25) is 10.1 Å². The van der Waals surface area contributed by atoms with Crippen LogP contribution in [0.4, 0.5) is 18.9 Å². The maximum Gasteiger partial charge on any atom is 0.470 e. The first-order chi connectivity index (χ1) is 8.39. The summed E-state index contributed by atoms with van der Waals surface area (Å²) in [6.07, 6.45) is -4.78. The number of nitro groups is 1. The van der Waals surface area contributed by atoms with E-state index in [1.54, 1.807) is 0 Å². The fourth-order valence-electron chi connectivity index (χ4n) is 1.26. The molecular formula is C9H4F3N3O3. The largest absolute Gasteiger partial charge is 0.470 e. The highest BCUT2D eigenvalue weighted by atomic mass is 19.4. The molecule has 0 saturated heterocycles. The molecule has 2 aromatic rings. The molecule has 1 aromatic heterocycles. The smallest absolute Gasteiger partial charge is 0.412 e. The first-order valence-electron chi connectivity index (χ1n) is 4.54. The number of para-hydroxylation sites is 1. The zero-order chi connectivity index (χ0) is 13.3. The summed E-state index contributed by atoms with van der Waals surface area (Å²) >= 11 is 0. The van der Waals surface area contributed by atoms with Gasteiger partial charge in [-0.1, -0.05) is 12.1 Å². The topological polar surface area (TPSA) is 82.1 Å². The lowest BCUT2D eigenvalue weighted by Gasteiger charge is -1.98. The quantitative estimate of drug-likeness (QED) is 0.611. The number of halogens is 3. The molecule has 1 aromatic carbocycles. The molecule has 0 unspecified atom stereocenters. The van der Waals surface area contributed by atoms with E-state index in [-0.39, 0.29) is 5.56 Å². The molecule has 0 radical (unpaired) electrons. The van der Waals surface area contributed by atoms with Crippen molar-refractivity contribution in [3.63, 3.8) is 0 Å². The van der Waals surface area contributed by atoms with E-state index in [4.69, 9.17) is 0 Å². The van der Waals surface area contributed by atoms with Gasteiger partial charge < -0.3 is 4.42 Å². The van der Waals surface area contributed by atoms with Crippen LogP contribution in [-0.2, 0) is 6.18 Å². The minimum Gasteiger partial charge on any atom is -0.412 e. The van der Waals surface area contributed by atoms with Crippen LogP contribution in [0.25, 0.3) is 11.5 Å². The van der Waals surface area contributed by atoms with Crippen LogP contribution in [0.3, 0.4) is 0 Å². The zero-order valence-corrected chi connectivity index (χ0v) is 8.51. The summed E-state index contributed by atoms with van der Waals surface area (Å²) in [5.74, 6) is -2.09. The molecule has 9 heteroatoms. The Morgan fingerprint density at radius 3 is 2.44 bits per heavy atom. The van der Waals surface area contributed by atoms with Crippen LogP contribution in [0, 0.1) is 10.1 Å². The van der Waals surface area contributed by atoms with Crippen molar-refractivity contribution < 1.29 is 22.5 Å². The highest BCUT2D eigenvalue weighted by Gasteiger charge is 2.38. The van der Waals surface area contributed by atoms with E-state index in [0.717, 1.165) is 6.07 Å². The second-order valence-electron chi connectivity index (χ2n) is 3.18. The van der Waals surface area contributed by atoms with Gasteiger partial charge >= 0.3 is 12.1 Å². The summed E-state index contributed by atoms with van der Waals surface area (Å²) < 4.78 is 41.1. The predicted molar refractivity (Wildman–Crippen MR) is 51.4 cm³/mol. The van der Waals surface area contributed by atoms with E-state index in [1.165, 1.54) is 18.2 Å². The Hall–Kier alpha value is -2.45. The number of nitrogens with zero attached hydrogens (tertiary/aromatic N) is 3. The molecule has 18 heavy (non-hydrogen) atoms. The van der Waals surface area contributed by atoms with Gasteiger partial charge in [0.25, 0.3) is 11.6 Å².